The number of aromatic nitrogens is 2. The molecule has 42 heavy (non-hydrogen) atoms. The Bertz CT molecular complexity index is 1560. The van der Waals surface area contributed by atoms with Crippen molar-refractivity contribution in [1.29, 1.82) is 0 Å². The summed E-state index contributed by atoms with van der Waals surface area (Å²) in [6, 6.07) is 13.9. The van der Waals surface area contributed by atoms with Crippen molar-refractivity contribution in [3.05, 3.63) is 65.2 Å². The van der Waals surface area contributed by atoms with E-state index in [0.717, 1.165) is 29.5 Å². The number of carbonyl (C=O) groups excluding carboxylic acids is 1. The number of fused-ring (bicyclic) bond motifs is 6. The zero-order valence-corrected chi connectivity index (χ0v) is 25.3. The molecule has 2 aromatic carbocycles. The number of nitrogens with zero attached hydrogens (tertiary/aromatic N) is 4. The molecule has 0 radical (unpaired) electrons. The van der Waals surface area contributed by atoms with Crippen LogP contribution in [0.5, 0.6) is 5.88 Å². The van der Waals surface area contributed by atoms with Gasteiger partial charge in [-0.2, -0.15) is 4.98 Å². The van der Waals surface area contributed by atoms with Crippen LogP contribution in [0.4, 0.5) is 10.3 Å². The molecule has 0 unspecified atom stereocenters. The van der Waals surface area contributed by atoms with E-state index in [0.29, 0.717) is 44.7 Å². The number of ether oxygens (including phenoxy) is 1. The molecule has 224 valence electrons. The summed E-state index contributed by atoms with van der Waals surface area (Å²) < 4.78 is 49.7. The number of hydrogen-bond donors (Lipinski definition) is 1. The van der Waals surface area contributed by atoms with Gasteiger partial charge in [0.1, 0.15) is 12.3 Å². The lowest BCUT2D eigenvalue weighted by Crippen LogP contribution is -2.44. The van der Waals surface area contributed by atoms with Crippen LogP contribution in [0.25, 0.3) is 11.3 Å². The average Bonchev–Trinajstić information content (AvgIpc) is 3.15. The van der Waals surface area contributed by atoms with E-state index in [-0.39, 0.29) is 46.6 Å². The van der Waals surface area contributed by atoms with Crippen LogP contribution in [-0.4, -0.2) is 78.6 Å². The molecule has 2 aliphatic heterocycles. The summed E-state index contributed by atoms with van der Waals surface area (Å²) in [4.78, 5) is 26.7. The monoisotopic (exact) mass is 615 g/mol. The van der Waals surface area contributed by atoms with Crippen molar-refractivity contribution in [3.63, 3.8) is 0 Å². The highest BCUT2D eigenvalue weighted by atomic mass is 35.5. The second-order valence-corrected chi connectivity index (χ2v) is 12.9. The topological polar surface area (TPSA) is 105 Å². The number of aryl methyl sites for hydroxylation is 2. The first-order valence-electron chi connectivity index (χ1n) is 14.1. The number of rotatable bonds is 2. The van der Waals surface area contributed by atoms with Crippen LogP contribution in [0.2, 0.25) is 0 Å². The van der Waals surface area contributed by atoms with Gasteiger partial charge in [0.25, 0.3) is 15.9 Å². The van der Waals surface area contributed by atoms with Gasteiger partial charge >= 0.3 is 0 Å². The average molecular weight is 616 g/mol. The summed E-state index contributed by atoms with van der Waals surface area (Å²) in [5.41, 5.74) is 3.64. The van der Waals surface area contributed by atoms with Gasteiger partial charge in [-0.05, 0) is 68.9 Å². The van der Waals surface area contributed by atoms with Crippen LogP contribution >= 0.6 is 12.4 Å². The van der Waals surface area contributed by atoms with Gasteiger partial charge in [-0.15, -0.1) is 12.4 Å². The molecule has 3 aliphatic rings. The molecule has 1 amide bonds. The zero-order valence-electron chi connectivity index (χ0n) is 23.6. The third-order valence-corrected chi connectivity index (χ3v) is 9.62. The largest absolute Gasteiger partial charge is 0.471 e. The van der Waals surface area contributed by atoms with Crippen molar-refractivity contribution >= 4 is 34.3 Å². The molecule has 9 nitrogen and oxygen atoms in total. The van der Waals surface area contributed by atoms with E-state index in [1.165, 1.54) is 12.1 Å². The summed E-state index contributed by atoms with van der Waals surface area (Å²) in [6.07, 6.45) is 1.40. The molecular weight excluding hydrogens is 581 g/mol. The SMILES string of the molecule is Cc1cccc(C)c1-c1cc2nc(n1)NS(=O)(=O)c1cccc(c1)C(=O)N1CCN(C3CCC(F)CC3)C[C@H](C1)O2.Cl. The van der Waals surface area contributed by atoms with Gasteiger partial charge in [0.15, 0.2) is 0 Å². The molecule has 6 bridgehead atoms. The van der Waals surface area contributed by atoms with Crippen molar-refractivity contribution in [2.45, 2.75) is 62.7 Å². The summed E-state index contributed by atoms with van der Waals surface area (Å²) in [5, 5.41) is 0. The Labute approximate surface area is 252 Å². The molecule has 1 saturated carbocycles. The lowest BCUT2D eigenvalue weighted by molar-refractivity contribution is 0.0676. The molecule has 1 aliphatic carbocycles. The molecule has 3 aromatic rings. The van der Waals surface area contributed by atoms with Gasteiger partial charge in [-0.3, -0.25) is 9.69 Å². The van der Waals surface area contributed by atoms with Crippen LogP contribution in [-0.2, 0) is 10.0 Å². The van der Waals surface area contributed by atoms with Crippen LogP contribution in [0.15, 0.2) is 53.4 Å². The number of alkyl halides is 1. The number of sulfonamides is 1. The Hall–Kier alpha value is -3.28. The van der Waals surface area contributed by atoms with Crippen molar-refractivity contribution in [1.82, 2.24) is 19.8 Å². The molecule has 1 atom stereocenters. The molecule has 1 saturated heterocycles. The van der Waals surface area contributed by atoms with Crippen LogP contribution in [0.1, 0.15) is 47.2 Å². The molecule has 0 spiro atoms. The second kappa shape index (κ2) is 12.1. The van der Waals surface area contributed by atoms with Gasteiger partial charge in [0.2, 0.25) is 11.8 Å². The minimum Gasteiger partial charge on any atom is -0.471 e. The maximum Gasteiger partial charge on any atom is 0.264 e. The number of amides is 1. The fourth-order valence-electron chi connectivity index (χ4n) is 6.19. The summed E-state index contributed by atoms with van der Waals surface area (Å²) in [7, 11) is -4.10. The molecule has 12 heteroatoms. The van der Waals surface area contributed by atoms with Crippen molar-refractivity contribution in [2.75, 3.05) is 30.9 Å². The highest BCUT2D eigenvalue weighted by Crippen LogP contribution is 2.31. The normalized spacial score (nSPS) is 24.0. The van der Waals surface area contributed by atoms with Gasteiger partial charge in [-0.25, -0.2) is 22.5 Å². The van der Waals surface area contributed by atoms with Crippen molar-refractivity contribution < 1.29 is 22.3 Å². The van der Waals surface area contributed by atoms with E-state index in [2.05, 4.69) is 19.6 Å². The standard InChI is InChI=1S/C30H34FN5O4S.ClH/c1-19-5-3-6-20(2)28(19)26-16-27-33-30(32-26)34-41(38,39)25-8-4-7-21(15-25)29(37)36-14-13-35(17-24(18-36)40-27)23-11-9-22(31)10-12-23;/h3-8,15-16,22-24H,9-14,17-18H2,1-2H3,(H,32,33,34);1H/t22?,23?,24-;/m1./s1. The quantitative estimate of drug-likeness (QED) is 0.442. The third kappa shape index (κ3) is 6.23. The predicted molar refractivity (Wildman–Crippen MR) is 160 cm³/mol. The number of hydrogen-bond acceptors (Lipinski definition) is 7. The summed E-state index contributed by atoms with van der Waals surface area (Å²) in [5.74, 6) is -0.161. The Balaban J connectivity index is 0.00000353. The summed E-state index contributed by atoms with van der Waals surface area (Å²) >= 11 is 0. The fourth-order valence-corrected chi connectivity index (χ4v) is 7.18. The van der Waals surface area contributed by atoms with E-state index >= 15 is 0 Å². The minimum absolute atomic E-state index is 0. The lowest BCUT2D eigenvalue weighted by atomic mass is 9.92. The van der Waals surface area contributed by atoms with E-state index in [1.54, 1.807) is 23.1 Å². The van der Waals surface area contributed by atoms with E-state index < -0.39 is 22.3 Å². The minimum atomic E-state index is -4.10. The molecule has 3 heterocycles. The smallest absolute Gasteiger partial charge is 0.264 e. The first kappa shape index (κ1) is 30.2. The first-order chi connectivity index (χ1) is 19.7. The molecule has 6 rings (SSSR count). The van der Waals surface area contributed by atoms with Gasteiger partial charge in [0, 0.05) is 42.9 Å². The highest BCUT2D eigenvalue weighted by molar-refractivity contribution is 7.92. The van der Waals surface area contributed by atoms with Crippen molar-refractivity contribution in [3.8, 4) is 17.1 Å². The Morgan fingerprint density at radius 3 is 2.40 bits per heavy atom. The number of halogens is 2. The van der Waals surface area contributed by atoms with Gasteiger partial charge in [-0.1, -0.05) is 24.3 Å². The van der Waals surface area contributed by atoms with E-state index in [4.69, 9.17) is 4.74 Å². The number of anilines is 1. The van der Waals surface area contributed by atoms with Crippen LogP contribution in [0.3, 0.4) is 0 Å². The molecule has 1 N–H and O–H groups in total. The number of nitrogens with one attached hydrogen (secondary N) is 1. The van der Waals surface area contributed by atoms with Gasteiger partial charge in [0.05, 0.1) is 17.1 Å². The first-order valence-corrected chi connectivity index (χ1v) is 15.6. The van der Waals surface area contributed by atoms with Crippen LogP contribution in [0, 0.1) is 13.8 Å². The highest BCUT2D eigenvalue weighted by Gasteiger charge is 2.34. The number of benzene rings is 2. The molecular formula is C30H35ClFN5O4S. The summed E-state index contributed by atoms with van der Waals surface area (Å²) in [6.45, 7) is 5.86. The van der Waals surface area contributed by atoms with Gasteiger partial charge < -0.3 is 9.64 Å². The maximum absolute atomic E-state index is 13.9. The van der Waals surface area contributed by atoms with E-state index in [1.807, 2.05) is 32.0 Å². The fraction of sp³-hybridized carbons (Fsp3) is 0.433. The molecule has 1 aromatic heterocycles. The second-order valence-electron chi connectivity index (χ2n) is 11.2. The Kier molecular flexibility index (Phi) is 8.73. The Morgan fingerprint density at radius 1 is 0.952 bits per heavy atom. The van der Waals surface area contributed by atoms with Crippen molar-refractivity contribution in [2.24, 2.45) is 0 Å². The molecule has 2 fully saturated rings. The maximum atomic E-state index is 13.9. The lowest BCUT2D eigenvalue weighted by Gasteiger charge is -2.35. The zero-order chi connectivity index (χ0) is 28.7. The van der Waals surface area contributed by atoms with E-state index in [9.17, 15) is 17.6 Å². The third-order valence-electron chi connectivity index (χ3n) is 8.29. The number of carbonyl (C=O) groups is 1. The van der Waals surface area contributed by atoms with Crippen LogP contribution < -0.4 is 9.46 Å². The Morgan fingerprint density at radius 2 is 1.67 bits per heavy atom. The predicted octanol–water partition coefficient (Wildman–Crippen LogP) is 4.78.